The van der Waals surface area contributed by atoms with E-state index in [1.54, 1.807) is 48.5 Å². The molecule has 0 fully saturated rings. The van der Waals surface area contributed by atoms with Crippen LogP contribution in [0.5, 0.6) is 11.5 Å². The highest BCUT2D eigenvalue weighted by Gasteiger charge is 2.11. The summed E-state index contributed by atoms with van der Waals surface area (Å²) in [6.45, 7) is -0.275. The van der Waals surface area contributed by atoms with E-state index < -0.39 is 11.8 Å². The standard InChI is InChI=1S/C16H15ClN2O4/c1-22-13-8-4-5-9-14(13)23-10-15(20)18-19-16(21)11-6-2-3-7-12(11)17/h2-9H,10H2,1H3,(H,18,20)(H,19,21). The molecule has 0 atom stereocenters. The zero-order valence-corrected chi connectivity index (χ0v) is 13.1. The zero-order valence-electron chi connectivity index (χ0n) is 12.3. The molecule has 0 spiro atoms. The lowest BCUT2D eigenvalue weighted by atomic mass is 10.2. The molecule has 0 unspecified atom stereocenters. The molecule has 23 heavy (non-hydrogen) atoms. The van der Waals surface area contributed by atoms with Gasteiger partial charge in [0.2, 0.25) is 0 Å². The number of amides is 2. The molecule has 2 rings (SSSR count). The molecule has 0 saturated heterocycles. The number of nitrogens with one attached hydrogen (secondary N) is 2. The summed E-state index contributed by atoms with van der Waals surface area (Å²) in [7, 11) is 1.51. The molecule has 0 saturated carbocycles. The lowest BCUT2D eigenvalue weighted by molar-refractivity contribution is -0.123. The zero-order chi connectivity index (χ0) is 16.7. The summed E-state index contributed by atoms with van der Waals surface area (Å²) in [4.78, 5) is 23.6. The smallest absolute Gasteiger partial charge is 0.276 e. The highest BCUT2D eigenvalue weighted by atomic mass is 35.5. The molecule has 6 nitrogen and oxygen atoms in total. The minimum Gasteiger partial charge on any atom is -0.493 e. The largest absolute Gasteiger partial charge is 0.493 e. The predicted octanol–water partition coefficient (Wildman–Crippen LogP) is 2.19. The van der Waals surface area contributed by atoms with E-state index in [9.17, 15) is 9.59 Å². The second-order valence-electron chi connectivity index (χ2n) is 4.42. The van der Waals surface area contributed by atoms with Crippen molar-refractivity contribution in [2.24, 2.45) is 0 Å². The Morgan fingerprint density at radius 2 is 1.65 bits per heavy atom. The molecule has 2 amide bonds. The van der Waals surface area contributed by atoms with Crippen molar-refractivity contribution in [3.63, 3.8) is 0 Å². The third-order valence-corrected chi connectivity index (χ3v) is 3.19. The number of hydrogen-bond acceptors (Lipinski definition) is 4. The van der Waals surface area contributed by atoms with E-state index in [0.717, 1.165) is 0 Å². The first-order valence-corrected chi connectivity index (χ1v) is 7.09. The first kappa shape index (κ1) is 16.6. The molecule has 2 aromatic carbocycles. The third kappa shape index (κ3) is 4.62. The number of rotatable bonds is 5. The molecular formula is C16H15ClN2O4. The van der Waals surface area contributed by atoms with Gasteiger partial charge < -0.3 is 9.47 Å². The van der Waals surface area contributed by atoms with Gasteiger partial charge in [-0.05, 0) is 24.3 Å². The Hall–Kier alpha value is -2.73. The van der Waals surface area contributed by atoms with Crippen molar-refractivity contribution in [1.82, 2.24) is 10.9 Å². The molecule has 0 aliphatic rings. The van der Waals surface area contributed by atoms with Gasteiger partial charge in [-0.3, -0.25) is 20.4 Å². The van der Waals surface area contributed by atoms with E-state index in [2.05, 4.69) is 10.9 Å². The predicted molar refractivity (Wildman–Crippen MR) is 85.5 cm³/mol. The number of ether oxygens (including phenoxy) is 2. The summed E-state index contributed by atoms with van der Waals surface area (Å²) < 4.78 is 10.4. The third-order valence-electron chi connectivity index (χ3n) is 2.86. The Balaban J connectivity index is 1.84. The fraction of sp³-hybridized carbons (Fsp3) is 0.125. The first-order valence-electron chi connectivity index (χ1n) is 6.71. The average molecular weight is 335 g/mol. The van der Waals surface area contributed by atoms with Crippen LogP contribution >= 0.6 is 11.6 Å². The summed E-state index contributed by atoms with van der Waals surface area (Å²) in [5.41, 5.74) is 4.79. The Morgan fingerprint density at radius 3 is 2.35 bits per heavy atom. The van der Waals surface area contributed by atoms with Gasteiger partial charge in [-0.1, -0.05) is 35.9 Å². The summed E-state index contributed by atoms with van der Waals surface area (Å²) in [5.74, 6) is -0.0828. The number of carbonyl (C=O) groups is 2. The highest BCUT2D eigenvalue weighted by molar-refractivity contribution is 6.33. The molecule has 0 bridgehead atoms. The summed E-state index contributed by atoms with van der Waals surface area (Å²) in [5, 5.41) is 0.296. The number of hydrogen-bond donors (Lipinski definition) is 2. The maximum absolute atomic E-state index is 11.9. The maximum Gasteiger partial charge on any atom is 0.276 e. The maximum atomic E-state index is 11.9. The van der Waals surface area contributed by atoms with Gasteiger partial charge >= 0.3 is 0 Å². The highest BCUT2D eigenvalue weighted by Crippen LogP contribution is 2.25. The van der Waals surface area contributed by atoms with Crippen LogP contribution in [-0.2, 0) is 4.79 Å². The van der Waals surface area contributed by atoms with Crippen molar-refractivity contribution in [3.05, 3.63) is 59.1 Å². The molecule has 120 valence electrons. The number of hydrazine groups is 1. The van der Waals surface area contributed by atoms with Gasteiger partial charge in [0.05, 0.1) is 17.7 Å². The van der Waals surface area contributed by atoms with E-state index in [-0.39, 0.29) is 12.2 Å². The van der Waals surface area contributed by atoms with Gasteiger partial charge in [0.1, 0.15) is 0 Å². The SMILES string of the molecule is COc1ccccc1OCC(=O)NNC(=O)c1ccccc1Cl. The van der Waals surface area contributed by atoms with Crippen LogP contribution in [0.4, 0.5) is 0 Å². The summed E-state index contributed by atoms with van der Waals surface area (Å²) in [6.07, 6.45) is 0. The van der Waals surface area contributed by atoms with Gasteiger partial charge in [-0.25, -0.2) is 0 Å². The van der Waals surface area contributed by atoms with Crippen LogP contribution in [0.25, 0.3) is 0 Å². The van der Waals surface area contributed by atoms with Gasteiger partial charge in [0.15, 0.2) is 18.1 Å². The van der Waals surface area contributed by atoms with Gasteiger partial charge in [0, 0.05) is 0 Å². The minimum atomic E-state index is -0.517. The fourth-order valence-corrected chi connectivity index (χ4v) is 1.98. The van der Waals surface area contributed by atoms with Crippen molar-refractivity contribution >= 4 is 23.4 Å². The molecule has 7 heteroatoms. The molecule has 0 heterocycles. The van der Waals surface area contributed by atoms with E-state index in [0.29, 0.717) is 16.5 Å². The van der Waals surface area contributed by atoms with Crippen LogP contribution in [0, 0.1) is 0 Å². The second kappa shape index (κ2) is 8.05. The van der Waals surface area contributed by atoms with Crippen molar-refractivity contribution < 1.29 is 19.1 Å². The van der Waals surface area contributed by atoms with Crippen molar-refractivity contribution in [2.45, 2.75) is 0 Å². The van der Waals surface area contributed by atoms with E-state index in [4.69, 9.17) is 21.1 Å². The Kier molecular flexibility index (Phi) is 5.82. The number of para-hydroxylation sites is 2. The quantitative estimate of drug-likeness (QED) is 0.822. The van der Waals surface area contributed by atoms with Gasteiger partial charge in [-0.2, -0.15) is 0 Å². The van der Waals surface area contributed by atoms with E-state index >= 15 is 0 Å². The van der Waals surface area contributed by atoms with Crippen LogP contribution in [-0.4, -0.2) is 25.5 Å². The molecule has 2 aromatic rings. The van der Waals surface area contributed by atoms with Gasteiger partial charge in [-0.15, -0.1) is 0 Å². The number of halogens is 1. The van der Waals surface area contributed by atoms with Crippen molar-refractivity contribution in [1.29, 1.82) is 0 Å². The Morgan fingerprint density at radius 1 is 1.00 bits per heavy atom. The number of carbonyl (C=O) groups excluding carboxylic acids is 2. The fourth-order valence-electron chi connectivity index (χ4n) is 1.76. The lowest BCUT2D eigenvalue weighted by Gasteiger charge is -2.11. The molecule has 0 aliphatic carbocycles. The van der Waals surface area contributed by atoms with Crippen molar-refractivity contribution in [3.8, 4) is 11.5 Å². The molecule has 0 aliphatic heterocycles. The minimum absolute atomic E-state index is 0.264. The van der Waals surface area contributed by atoms with E-state index in [1.165, 1.54) is 7.11 Å². The Labute approximate surface area is 138 Å². The Bertz CT molecular complexity index is 706. The molecule has 2 N–H and O–H groups in total. The average Bonchev–Trinajstić information content (AvgIpc) is 2.58. The second-order valence-corrected chi connectivity index (χ2v) is 4.83. The normalized spacial score (nSPS) is 9.83. The molecular weight excluding hydrogens is 320 g/mol. The van der Waals surface area contributed by atoms with E-state index in [1.807, 2.05) is 0 Å². The summed E-state index contributed by atoms with van der Waals surface area (Å²) in [6, 6.07) is 13.5. The molecule has 0 aromatic heterocycles. The van der Waals surface area contributed by atoms with Crippen molar-refractivity contribution in [2.75, 3.05) is 13.7 Å². The topological polar surface area (TPSA) is 76.7 Å². The van der Waals surface area contributed by atoms with Crippen LogP contribution < -0.4 is 20.3 Å². The van der Waals surface area contributed by atoms with Crippen LogP contribution in [0.2, 0.25) is 5.02 Å². The first-order chi connectivity index (χ1) is 11.1. The van der Waals surface area contributed by atoms with Crippen LogP contribution in [0.1, 0.15) is 10.4 Å². The van der Waals surface area contributed by atoms with Crippen LogP contribution in [0.3, 0.4) is 0 Å². The number of benzene rings is 2. The number of methoxy groups -OCH3 is 1. The molecule has 0 radical (unpaired) electrons. The lowest BCUT2D eigenvalue weighted by Crippen LogP contribution is -2.43. The van der Waals surface area contributed by atoms with Gasteiger partial charge in [0.25, 0.3) is 11.8 Å². The summed E-state index contributed by atoms with van der Waals surface area (Å²) >= 11 is 5.90. The van der Waals surface area contributed by atoms with Crippen LogP contribution in [0.15, 0.2) is 48.5 Å². The monoisotopic (exact) mass is 334 g/mol.